The Labute approximate surface area is 152 Å². The van der Waals surface area contributed by atoms with Gasteiger partial charge < -0.3 is 24.3 Å². The van der Waals surface area contributed by atoms with Crippen LogP contribution < -0.4 is 5.32 Å². The van der Waals surface area contributed by atoms with Crippen LogP contribution in [-0.2, 0) is 18.9 Å². The highest BCUT2D eigenvalue weighted by molar-refractivity contribution is 5.68. The fourth-order valence-corrected chi connectivity index (χ4v) is 2.65. The van der Waals surface area contributed by atoms with Crippen molar-refractivity contribution in [1.82, 2.24) is 5.32 Å². The number of nitrogens with one attached hydrogen (secondary N) is 1. The fourth-order valence-electron chi connectivity index (χ4n) is 2.65. The van der Waals surface area contributed by atoms with E-state index < -0.39 is 11.7 Å². The first-order valence-electron chi connectivity index (χ1n) is 9.67. The highest BCUT2D eigenvalue weighted by Crippen LogP contribution is 2.21. The van der Waals surface area contributed by atoms with Crippen LogP contribution in [0.4, 0.5) is 4.79 Å². The molecule has 0 aromatic carbocycles. The Balaban J connectivity index is 2.58. The Bertz CT molecular complexity index is 369. The van der Waals surface area contributed by atoms with Gasteiger partial charge in [-0.2, -0.15) is 0 Å². The highest BCUT2D eigenvalue weighted by atomic mass is 16.6. The summed E-state index contributed by atoms with van der Waals surface area (Å²) in [5.74, 6) is 0. The van der Waals surface area contributed by atoms with E-state index in [0.717, 1.165) is 38.7 Å². The first-order chi connectivity index (χ1) is 11.9. The number of carbonyl (C=O) groups excluding carboxylic acids is 1. The predicted octanol–water partition coefficient (Wildman–Crippen LogP) is 3.67. The molecule has 1 N–H and O–H groups in total. The number of unbranched alkanes of at least 4 members (excludes halogenated alkanes) is 2. The summed E-state index contributed by atoms with van der Waals surface area (Å²) in [5.41, 5.74) is -0.515. The third-order valence-corrected chi connectivity index (χ3v) is 3.96. The second-order valence-corrected chi connectivity index (χ2v) is 7.57. The van der Waals surface area contributed by atoms with E-state index in [0.29, 0.717) is 19.8 Å². The van der Waals surface area contributed by atoms with Crippen molar-refractivity contribution in [2.75, 3.05) is 26.4 Å². The van der Waals surface area contributed by atoms with Crippen molar-refractivity contribution in [3.8, 4) is 0 Å². The molecule has 0 aromatic heterocycles. The van der Waals surface area contributed by atoms with E-state index in [4.69, 9.17) is 18.9 Å². The molecule has 0 aromatic rings. The third kappa shape index (κ3) is 9.42. The first-order valence-corrected chi connectivity index (χ1v) is 9.67. The molecule has 6 heteroatoms. The van der Waals surface area contributed by atoms with Crippen LogP contribution in [0.2, 0.25) is 0 Å². The second-order valence-electron chi connectivity index (χ2n) is 7.57. The molecule has 0 aliphatic carbocycles. The van der Waals surface area contributed by atoms with Crippen LogP contribution in [0.5, 0.6) is 0 Å². The zero-order valence-corrected chi connectivity index (χ0v) is 16.6. The van der Waals surface area contributed by atoms with Crippen LogP contribution in [0.1, 0.15) is 66.7 Å². The Morgan fingerprint density at radius 3 is 2.52 bits per heavy atom. The molecule has 1 rings (SSSR count). The molecule has 0 bridgehead atoms. The van der Waals surface area contributed by atoms with E-state index in [1.54, 1.807) is 0 Å². The molecule has 148 valence electrons. The van der Waals surface area contributed by atoms with Crippen LogP contribution in [-0.4, -0.2) is 56.4 Å². The quantitative estimate of drug-likeness (QED) is 0.570. The molecular formula is C19H37NO5. The molecule has 6 nitrogen and oxygen atoms in total. The number of hydrogen-bond donors (Lipinski definition) is 1. The summed E-state index contributed by atoms with van der Waals surface area (Å²) in [6.07, 6.45) is 4.18. The summed E-state index contributed by atoms with van der Waals surface area (Å²) >= 11 is 0. The van der Waals surface area contributed by atoms with Crippen LogP contribution >= 0.6 is 0 Å². The van der Waals surface area contributed by atoms with E-state index in [-0.39, 0.29) is 18.2 Å². The number of ether oxygens (including phenoxy) is 4. The topological polar surface area (TPSA) is 66.0 Å². The molecule has 1 aliphatic heterocycles. The summed E-state index contributed by atoms with van der Waals surface area (Å²) in [4.78, 5) is 12.1. The number of hydrogen-bond acceptors (Lipinski definition) is 5. The number of amides is 1. The lowest BCUT2D eigenvalue weighted by Crippen LogP contribution is -2.49. The number of rotatable bonds is 11. The average molecular weight is 360 g/mol. The fraction of sp³-hybridized carbons (Fsp3) is 0.947. The zero-order valence-electron chi connectivity index (χ0n) is 16.6. The summed E-state index contributed by atoms with van der Waals surface area (Å²) in [6, 6.07) is -0.115. The molecule has 3 atom stereocenters. The first kappa shape index (κ1) is 22.2. The lowest BCUT2D eigenvalue weighted by Gasteiger charge is -2.29. The molecule has 0 spiro atoms. The van der Waals surface area contributed by atoms with Gasteiger partial charge in [-0.15, -0.1) is 0 Å². The van der Waals surface area contributed by atoms with Gasteiger partial charge in [-0.3, -0.25) is 0 Å². The van der Waals surface area contributed by atoms with Crippen molar-refractivity contribution in [3.63, 3.8) is 0 Å². The minimum Gasteiger partial charge on any atom is -0.444 e. The summed E-state index contributed by atoms with van der Waals surface area (Å²) in [7, 11) is 0. The minimum absolute atomic E-state index is 0.115. The Morgan fingerprint density at radius 1 is 1.20 bits per heavy atom. The van der Waals surface area contributed by atoms with Crippen molar-refractivity contribution in [2.24, 2.45) is 0 Å². The highest BCUT2D eigenvalue weighted by Gasteiger charge is 2.37. The van der Waals surface area contributed by atoms with Gasteiger partial charge in [0.2, 0.25) is 0 Å². The molecular weight excluding hydrogens is 322 g/mol. The Hall–Kier alpha value is -0.850. The van der Waals surface area contributed by atoms with Crippen LogP contribution in [0, 0.1) is 0 Å². The van der Waals surface area contributed by atoms with Crippen LogP contribution in [0.15, 0.2) is 0 Å². The van der Waals surface area contributed by atoms with Gasteiger partial charge in [0, 0.05) is 19.8 Å². The molecule has 0 unspecified atom stereocenters. The van der Waals surface area contributed by atoms with Gasteiger partial charge in [0.15, 0.2) is 0 Å². The van der Waals surface area contributed by atoms with Crippen molar-refractivity contribution in [2.45, 2.75) is 90.6 Å². The summed E-state index contributed by atoms with van der Waals surface area (Å²) in [5, 5.41) is 2.94. The standard InChI is InChI=1S/C19H37NO5/c1-6-8-11-22-14-16(23-12-9-7-2)17-15(10-13-24-17)20-18(21)25-19(3,4)5/h15-17H,6-14H2,1-5H3,(H,20,21)/t15-,16-,17+/m1/s1. The van der Waals surface area contributed by atoms with Gasteiger partial charge in [-0.25, -0.2) is 4.79 Å². The van der Waals surface area contributed by atoms with E-state index in [1.807, 2.05) is 20.8 Å². The van der Waals surface area contributed by atoms with Crippen molar-refractivity contribution in [1.29, 1.82) is 0 Å². The molecule has 1 fully saturated rings. The Morgan fingerprint density at radius 2 is 1.88 bits per heavy atom. The SMILES string of the molecule is CCCCOC[C@@H](OCCCC)[C@H]1OCC[C@H]1NC(=O)OC(C)(C)C. The molecule has 1 aliphatic rings. The van der Waals surface area contributed by atoms with E-state index >= 15 is 0 Å². The second kappa shape index (κ2) is 11.7. The maximum Gasteiger partial charge on any atom is 0.407 e. The van der Waals surface area contributed by atoms with Crippen molar-refractivity contribution < 1.29 is 23.7 Å². The van der Waals surface area contributed by atoms with Crippen molar-refractivity contribution in [3.05, 3.63) is 0 Å². The average Bonchev–Trinajstić information content (AvgIpc) is 2.95. The monoisotopic (exact) mass is 359 g/mol. The van der Waals surface area contributed by atoms with Gasteiger partial charge in [-0.05, 0) is 40.0 Å². The smallest absolute Gasteiger partial charge is 0.407 e. The molecule has 0 saturated carbocycles. The molecule has 0 radical (unpaired) electrons. The normalized spacial score (nSPS) is 22.0. The van der Waals surface area contributed by atoms with Crippen LogP contribution in [0.3, 0.4) is 0 Å². The van der Waals surface area contributed by atoms with Gasteiger partial charge in [-0.1, -0.05) is 26.7 Å². The lowest BCUT2D eigenvalue weighted by molar-refractivity contribution is -0.0923. The van der Waals surface area contributed by atoms with Gasteiger partial charge in [0.05, 0.1) is 12.6 Å². The van der Waals surface area contributed by atoms with Gasteiger partial charge >= 0.3 is 6.09 Å². The van der Waals surface area contributed by atoms with Gasteiger partial charge in [0.25, 0.3) is 0 Å². The molecule has 1 saturated heterocycles. The maximum absolute atomic E-state index is 12.1. The van der Waals surface area contributed by atoms with E-state index in [2.05, 4.69) is 19.2 Å². The molecule has 1 heterocycles. The lowest BCUT2D eigenvalue weighted by atomic mass is 10.1. The largest absolute Gasteiger partial charge is 0.444 e. The zero-order chi connectivity index (χ0) is 18.7. The minimum atomic E-state index is -0.515. The van der Waals surface area contributed by atoms with Crippen LogP contribution in [0.25, 0.3) is 0 Å². The van der Waals surface area contributed by atoms with E-state index in [1.165, 1.54) is 0 Å². The van der Waals surface area contributed by atoms with E-state index in [9.17, 15) is 4.79 Å². The number of alkyl carbamates (subject to hydrolysis) is 1. The van der Waals surface area contributed by atoms with Gasteiger partial charge in [0.1, 0.15) is 17.8 Å². The van der Waals surface area contributed by atoms with Crippen molar-refractivity contribution >= 4 is 6.09 Å². The molecule has 25 heavy (non-hydrogen) atoms. The maximum atomic E-state index is 12.1. The third-order valence-electron chi connectivity index (χ3n) is 3.96. The summed E-state index contributed by atoms with van der Waals surface area (Å²) in [6.45, 7) is 12.3. The molecule has 1 amide bonds. The number of carbonyl (C=O) groups is 1. The Kier molecular flexibility index (Phi) is 10.4. The predicted molar refractivity (Wildman–Crippen MR) is 97.9 cm³/mol. The summed E-state index contributed by atoms with van der Waals surface area (Å²) < 4.78 is 23.0.